The molecule has 0 saturated carbocycles. The van der Waals surface area contributed by atoms with Crippen molar-refractivity contribution in [3.63, 3.8) is 0 Å². The second-order valence-electron chi connectivity index (χ2n) is 3.63. The molecule has 0 aliphatic rings. The van der Waals surface area contributed by atoms with Gasteiger partial charge in [0.1, 0.15) is 9.90 Å². The molecule has 0 aliphatic heterocycles. The minimum Gasteiger partial charge on any atom is -0.477 e. The normalized spacial score (nSPS) is 11.4. The van der Waals surface area contributed by atoms with Crippen molar-refractivity contribution in [1.82, 2.24) is 4.98 Å². The lowest BCUT2D eigenvalue weighted by molar-refractivity contribution is 0.0702. The number of sulfone groups is 1. The van der Waals surface area contributed by atoms with E-state index in [4.69, 9.17) is 5.11 Å². The van der Waals surface area contributed by atoms with Gasteiger partial charge in [-0.05, 0) is 18.2 Å². The zero-order chi connectivity index (χ0) is 14.0. The monoisotopic (exact) mass is 315 g/mol. The zero-order valence-electron chi connectivity index (χ0n) is 9.73. The van der Waals surface area contributed by atoms with Gasteiger partial charge in [-0.25, -0.2) is 18.2 Å². The second kappa shape index (κ2) is 5.32. The molecule has 0 fully saturated rings. The topological polar surface area (TPSA) is 84.3 Å². The van der Waals surface area contributed by atoms with Crippen molar-refractivity contribution in [1.29, 1.82) is 0 Å². The van der Waals surface area contributed by atoms with Gasteiger partial charge in [-0.15, -0.1) is 11.3 Å². The highest BCUT2D eigenvalue weighted by molar-refractivity contribution is 8.00. The number of hydrogen-bond acceptors (Lipinski definition) is 6. The molecule has 0 unspecified atom stereocenters. The van der Waals surface area contributed by atoms with Crippen LogP contribution in [-0.4, -0.2) is 30.7 Å². The number of rotatable bonds is 4. The molecular formula is C11H9NO4S3. The zero-order valence-corrected chi connectivity index (χ0v) is 12.2. The van der Waals surface area contributed by atoms with Gasteiger partial charge in [0.05, 0.1) is 4.90 Å². The summed E-state index contributed by atoms with van der Waals surface area (Å²) >= 11 is 2.23. The lowest BCUT2D eigenvalue weighted by Gasteiger charge is -2.04. The summed E-state index contributed by atoms with van der Waals surface area (Å²) in [6.45, 7) is 0. The molecule has 2 aromatic heterocycles. The van der Waals surface area contributed by atoms with Crippen LogP contribution in [0.25, 0.3) is 0 Å². The predicted molar refractivity (Wildman–Crippen MR) is 72.7 cm³/mol. The van der Waals surface area contributed by atoms with E-state index >= 15 is 0 Å². The van der Waals surface area contributed by atoms with Crippen molar-refractivity contribution >= 4 is 38.9 Å². The van der Waals surface area contributed by atoms with Gasteiger partial charge in [-0.3, -0.25) is 0 Å². The van der Waals surface area contributed by atoms with Crippen LogP contribution in [0.15, 0.2) is 44.6 Å². The Morgan fingerprint density at radius 1 is 1.47 bits per heavy atom. The van der Waals surface area contributed by atoms with Gasteiger partial charge in [0.2, 0.25) is 0 Å². The Labute approximate surface area is 118 Å². The second-order valence-corrected chi connectivity index (χ2v) is 7.59. The van der Waals surface area contributed by atoms with Crippen LogP contribution >= 0.6 is 23.1 Å². The molecule has 0 saturated heterocycles. The van der Waals surface area contributed by atoms with Gasteiger partial charge < -0.3 is 5.11 Å². The first-order valence-electron chi connectivity index (χ1n) is 5.02. The van der Waals surface area contributed by atoms with E-state index in [1.54, 1.807) is 11.4 Å². The molecule has 0 atom stereocenters. The van der Waals surface area contributed by atoms with Gasteiger partial charge >= 0.3 is 5.97 Å². The van der Waals surface area contributed by atoms with E-state index in [9.17, 15) is 13.2 Å². The highest BCUT2D eigenvalue weighted by Crippen LogP contribution is 2.33. The molecule has 1 N–H and O–H groups in total. The van der Waals surface area contributed by atoms with Crippen molar-refractivity contribution in [3.8, 4) is 0 Å². The Bertz CT molecular complexity index is 721. The number of thiophene rings is 1. The number of pyridine rings is 1. The van der Waals surface area contributed by atoms with Crippen LogP contribution in [0.5, 0.6) is 0 Å². The fraction of sp³-hybridized carbons (Fsp3) is 0.0909. The van der Waals surface area contributed by atoms with E-state index in [1.807, 2.05) is 0 Å². The smallest absolute Gasteiger partial charge is 0.345 e. The molecule has 0 amide bonds. The largest absolute Gasteiger partial charge is 0.477 e. The maximum atomic E-state index is 11.6. The summed E-state index contributed by atoms with van der Waals surface area (Å²) in [6, 6.07) is 4.53. The molecule has 2 heterocycles. The van der Waals surface area contributed by atoms with E-state index in [1.165, 1.54) is 18.3 Å². The molecule has 2 rings (SSSR count). The molecule has 0 aromatic carbocycles. The molecule has 100 valence electrons. The number of aromatic nitrogens is 1. The number of carbonyl (C=O) groups is 1. The van der Waals surface area contributed by atoms with E-state index in [-0.39, 0.29) is 9.77 Å². The van der Waals surface area contributed by atoms with Crippen LogP contribution in [0.1, 0.15) is 9.67 Å². The molecule has 0 radical (unpaired) electrons. The lowest BCUT2D eigenvalue weighted by Crippen LogP contribution is -2.00. The highest BCUT2D eigenvalue weighted by atomic mass is 32.2. The van der Waals surface area contributed by atoms with Crippen LogP contribution in [-0.2, 0) is 9.84 Å². The fourth-order valence-corrected chi connectivity index (χ4v) is 4.31. The number of carboxylic acids is 1. The van der Waals surface area contributed by atoms with Crippen molar-refractivity contribution < 1.29 is 18.3 Å². The van der Waals surface area contributed by atoms with Crippen molar-refractivity contribution in [2.45, 2.75) is 14.8 Å². The third-order valence-corrected chi connectivity index (χ3v) is 5.45. The maximum absolute atomic E-state index is 11.6. The summed E-state index contributed by atoms with van der Waals surface area (Å²) in [5, 5.41) is 10.8. The van der Waals surface area contributed by atoms with E-state index in [0.717, 1.165) is 29.4 Å². The summed E-state index contributed by atoms with van der Waals surface area (Å²) < 4.78 is 23.2. The first-order chi connectivity index (χ1) is 8.88. The Morgan fingerprint density at radius 2 is 2.21 bits per heavy atom. The molecule has 19 heavy (non-hydrogen) atoms. The summed E-state index contributed by atoms with van der Waals surface area (Å²) in [5.74, 6) is -0.999. The number of carboxylic acid groups (broad SMARTS) is 1. The molecule has 2 aromatic rings. The summed E-state index contributed by atoms with van der Waals surface area (Å²) in [4.78, 5) is 15.8. The van der Waals surface area contributed by atoms with Gasteiger partial charge in [-0.1, -0.05) is 11.8 Å². The number of nitrogens with zero attached hydrogens (tertiary/aromatic N) is 1. The van der Waals surface area contributed by atoms with Gasteiger partial charge in [-0.2, -0.15) is 0 Å². The van der Waals surface area contributed by atoms with Crippen LogP contribution in [0.2, 0.25) is 0 Å². The SMILES string of the molecule is CS(=O)(=O)c1cccnc1Sc1csc(C(=O)O)c1. The maximum Gasteiger partial charge on any atom is 0.345 e. The van der Waals surface area contributed by atoms with Crippen molar-refractivity contribution in [3.05, 3.63) is 34.7 Å². The summed E-state index contributed by atoms with van der Waals surface area (Å²) in [6.07, 6.45) is 2.62. The van der Waals surface area contributed by atoms with Crippen LogP contribution in [0.4, 0.5) is 0 Å². The first-order valence-corrected chi connectivity index (χ1v) is 8.61. The van der Waals surface area contributed by atoms with Crippen LogP contribution in [0, 0.1) is 0 Å². The average molecular weight is 315 g/mol. The van der Waals surface area contributed by atoms with Gasteiger partial charge in [0, 0.05) is 22.7 Å². The Kier molecular flexibility index (Phi) is 3.93. The van der Waals surface area contributed by atoms with E-state index in [2.05, 4.69) is 4.98 Å². The minimum atomic E-state index is -3.36. The van der Waals surface area contributed by atoms with Crippen LogP contribution < -0.4 is 0 Å². The first kappa shape index (κ1) is 14.0. The molecule has 5 nitrogen and oxygen atoms in total. The number of hydrogen-bond donors (Lipinski definition) is 1. The highest BCUT2D eigenvalue weighted by Gasteiger charge is 2.16. The molecular weight excluding hydrogens is 306 g/mol. The van der Waals surface area contributed by atoms with E-state index in [0.29, 0.717) is 9.92 Å². The quantitative estimate of drug-likeness (QED) is 0.932. The third-order valence-electron chi connectivity index (χ3n) is 2.14. The Morgan fingerprint density at radius 3 is 2.79 bits per heavy atom. The lowest BCUT2D eigenvalue weighted by atomic mass is 10.5. The predicted octanol–water partition coefficient (Wildman–Crippen LogP) is 2.40. The van der Waals surface area contributed by atoms with Crippen molar-refractivity contribution in [2.24, 2.45) is 0 Å². The average Bonchev–Trinajstić information content (AvgIpc) is 2.77. The minimum absolute atomic E-state index is 0.142. The Balaban J connectivity index is 2.36. The molecule has 0 bridgehead atoms. The van der Waals surface area contributed by atoms with Crippen LogP contribution in [0.3, 0.4) is 0 Å². The third kappa shape index (κ3) is 3.34. The summed E-state index contributed by atoms with van der Waals surface area (Å²) in [7, 11) is -3.36. The summed E-state index contributed by atoms with van der Waals surface area (Å²) in [5.41, 5.74) is 0. The van der Waals surface area contributed by atoms with Gasteiger partial charge in [0.15, 0.2) is 9.84 Å². The van der Waals surface area contributed by atoms with E-state index < -0.39 is 15.8 Å². The standard InChI is InChI=1S/C11H9NO4S3/c1-19(15,16)9-3-2-4-12-10(9)18-7-5-8(11(13)14)17-6-7/h2-6H,1H3,(H,13,14). The molecule has 0 spiro atoms. The van der Waals surface area contributed by atoms with Gasteiger partial charge in [0.25, 0.3) is 0 Å². The number of aromatic carboxylic acids is 1. The Hall–Kier alpha value is -1.38. The van der Waals surface area contributed by atoms with Crippen molar-refractivity contribution in [2.75, 3.05) is 6.26 Å². The molecule has 0 aliphatic carbocycles. The molecule has 8 heteroatoms. The fourth-order valence-electron chi connectivity index (χ4n) is 1.33.